The molecule has 1 aromatic carbocycles. The van der Waals surface area contributed by atoms with Gasteiger partial charge in [0, 0.05) is 23.5 Å². The van der Waals surface area contributed by atoms with Crippen molar-refractivity contribution in [1.82, 2.24) is 14.8 Å². The molecule has 17 heavy (non-hydrogen) atoms. The molecule has 0 amide bonds. The first-order valence-corrected chi connectivity index (χ1v) is 5.69. The van der Waals surface area contributed by atoms with Crippen molar-refractivity contribution >= 4 is 21.8 Å². The maximum atomic E-state index is 12.3. The van der Waals surface area contributed by atoms with E-state index in [9.17, 15) is 4.79 Å². The van der Waals surface area contributed by atoms with E-state index < -0.39 is 0 Å². The second-order valence-corrected chi connectivity index (χ2v) is 4.22. The van der Waals surface area contributed by atoms with E-state index in [1.807, 2.05) is 38.2 Å². The summed E-state index contributed by atoms with van der Waals surface area (Å²) in [5.74, 6) is 0. The fourth-order valence-corrected chi connectivity index (χ4v) is 2.29. The van der Waals surface area contributed by atoms with Crippen LogP contribution in [0.25, 0.3) is 21.8 Å². The quantitative estimate of drug-likeness (QED) is 0.693. The van der Waals surface area contributed by atoms with E-state index in [1.165, 1.54) is 0 Å². The van der Waals surface area contributed by atoms with E-state index in [4.69, 9.17) is 0 Å². The first-order chi connectivity index (χ1) is 8.22. The number of aromatic nitrogens is 3. The van der Waals surface area contributed by atoms with E-state index in [-0.39, 0.29) is 5.56 Å². The average molecular weight is 227 g/mol. The third-order valence-electron chi connectivity index (χ3n) is 3.13. The molecule has 0 atom stereocenters. The monoisotopic (exact) mass is 227 g/mol. The van der Waals surface area contributed by atoms with Crippen LogP contribution in [-0.4, -0.2) is 14.8 Å². The Hall–Kier alpha value is -2.10. The average Bonchev–Trinajstić information content (AvgIpc) is 2.79. The molecular formula is C13H13N3O. The van der Waals surface area contributed by atoms with E-state index in [0.717, 1.165) is 27.4 Å². The number of nitrogens with one attached hydrogen (secondary N) is 1. The summed E-state index contributed by atoms with van der Waals surface area (Å²) in [4.78, 5) is 12.3. The Bertz CT molecular complexity index is 767. The Morgan fingerprint density at radius 2 is 2.12 bits per heavy atom. The highest BCUT2D eigenvalue weighted by Crippen LogP contribution is 2.21. The third kappa shape index (κ3) is 1.30. The lowest BCUT2D eigenvalue weighted by atomic mass is 10.1. The molecule has 3 aromatic rings. The molecular weight excluding hydrogens is 214 g/mol. The van der Waals surface area contributed by atoms with Gasteiger partial charge in [0.15, 0.2) is 5.65 Å². The van der Waals surface area contributed by atoms with Crippen molar-refractivity contribution in [3.63, 3.8) is 0 Å². The van der Waals surface area contributed by atoms with Gasteiger partial charge in [-0.1, -0.05) is 17.7 Å². The summed E-state index contributed by atoms with van der Waals surface area (Å²) >= 11 is 0. The summed E-state index contributed by atoms with van der Waals surface area (Å²) in [7, 11) is 0. The highest BCUT2D eigenvalue weighted by atomic mass is 16.1. The number of hydrogen-bond donors (Lipinski definition) is 1. The maximum Gasteiger partial charge on any atom is 0.260 e. The molecule has 4 heteroatoms. The molecule has 86 valence electrons. The van der Waals surface area contributed by atoms with Crippen LogP contribution >= 0.6 is 0 Å². The van der Waals surface area contributed by atoms with Gasteiger partial charge >= 0.3 is 0 Å². The summed E-state index contributed by atoms with van der Waals surface area (Å²) in [6, 6.07) is 5.95. The summed E-state index contributed by atoms with van der Waals surface area (Å²) in [6.45, 7) is 4.58. The molecule has 0 aliphatic carbocycles. The zero-order valence-corrected chi connectivity index (χ0v) is 9.82. The molecule has 0 saturated carbocycles. The Labute approximate surface area is 97.9 Å². The van der Waals surface area contributed by atoms with E-state index in [0.29, 0.717) is 6.54 Å². The van der Waals surface area contributed by atoms with Crippen molar-refractivity contribution in [3.8, 4) is 0 Å². The van der Waals surface area contributed by atoms with E-state index in [2.05, 4.69) is 10.2 Å². The van der Waals surface area contributed by atoms with Crippen molar-refractivity contribution < 1.29 is 0 Å². The lowest BCUT2D eigenvalue weighted by Crippen LogP contribution is -2.20. The first kappa shape index (κ1) is 10.1. The van der Waals surface area contributed by atoms with Crippen LogP contribution in [-0.2, 0) is 6.54 Å². The summed E-state index contributed by atoms with van der Waals surface area (Å²) in [5, 5.41) is 9.73. The van der Waals surface area contributed by atoms with Crippen molar-refractivity contribution in [3.05, 3.63) is 40.3 Å². The van der Waals surface area contributed by atoms with Gasteiger partial charge in [-0.3, -0.25) is 14.5 Å². The molecule has 2 aromatic heterocycles. The number of rotatable bonds is 1. The van der Waals surface area contributed by atoms with Crippen LogP contribution in [0.4, 0.5) is 0 Å². The molecule has 3 rings (SSSR count). The number of nitrogens with zero attached hydrogens (tertiary/aromatic N) is 2. The van der Waals surface area contributed by atoms with E-state index >= 15 is 0 Å². The molecule has 0 bridgehead atoms. The topological polar surface area (TPSA) is 50.7 Å². The largest absolute Gasteiger partial charge is 0.291 e. The first-order valence-electron chi connectivity index (χ1n) is 5.69. The SMILES string of the molecule is CCn1c(=O)c2cc(C)ccc2c2c[nH]nc21. The number of H-pyrrole nitrogens is 1. The summed E-state index contributed by atoms with van der Waals surface area (Å²) in [6.07, 6.45) is 1.85. The molecule has 2 heterocycles. The van der Waals surface area contributed by atoms with Gasteiger partial charge in [0.2, 0.25) is 0 Å². The standard InChI is InChI=1S/C13H13N3O/c1-3-16-12-11(7-14-15-12)9-5-4-8(2)6-10(9)13(16)17/h4-7H,3H2,1-2H3,(H,14,15). The minimum absolute atomic E-state index is 0.0331. The number of fused-ring (bicyclic) bond motifs is 3. The van der Waals surface area contributed by atoms with Gasteiger partial charge in [-0.15, -0.1) is 0 Å². The predicted molar refractivity (Wildman–Crippen MR) is 68.3 cm³/mol. The normalized spacial score (nSPS) is 11.4. The van der Waals surface area contributed by atoms with Gasteiger partial charge in [0.1, 0.15) is 0 Å². The van der Waals surface area contributed by atoms with Gasteiger partial charge in [-0.2, -0.15) is 5.10 Å². The third-order valence-corrected chi connectivity index (χ3v) is 3.13. The molecule has 0 aliphatic rings. The van der Waals surface area contributed by atoms with Crippen LogP contribution < -0.4 is 5.56 Å². The van der Waals surface area contributed by atoms with Crippen LogP contribution in [0.2, 0.25) is 0 Å². The summed E-state index contributed by atoms with van der Waals surface area (Å²) in [5.41, 5.74) is 1.86. The maximum absolute atomic E-state index is 12.3. The van der Waals surface area contributed by atoms with Crippen molar-refractivity contribution in [1.29, 1.82) is 0 Å². The second kappa shape index (κ2) is 3.45. The highest BCUT2D eigenvalue weighted by molar-refractivity contribution is 6.04. The van der Waals surface area contributed by atoms with Crippen LogP contribution in [0.1, 0.15) is 12.5 Å². The Morgan fingerprint density at radius 3 is 2.88 bits per heavy atom. The molecule has 0 radical (unpaired) electrons. The Kier molecular flexibility index (Phi) is 2.04. The number of aromatic amines is 1. The minimum Gasteiger partial charge on any atom is -0.291 e. The molecule has 0 unspecified atom stereocenters. The van der Waals surface area contributed by atoms with Gasteiger partial charge in [0.05, 0.1) is 0 Å². The molecule has 1 N–H and O–H groups in total. The zero-order valence-electron chi connectivity index (χ0n) is 9.82. The van der Waals surface area contributed by atoms with Gasteiger partial charge in [0.25, 0.3) is 5.56 Å². The lowest BCUT2D eigenvalue weighted by molar-refractivity contribution is 0.753. The number of pyridine rings is 1. The highest BCUT2D eigenvalue weighted by Gasteiger charge is 2.11. The molecule has 0 fully saturated rings. The van der Waals surface area contributed by atoms with E-state index in [1.54, 1.807) is 4.57 Å². The fraction of sp³-hybridized carbons (Fsp3) is 0.231. The Balaban J connectivity index is 2.66. The van der Waals surface area contributed by atoms with Crippen LogP contribution in [0.5, 0.6) is 0 Å². The van der Waals surface area contributed by atoms with Crippen LogP contribution in [0.15, 0.2) is 29.2 Å². The molecule has 0 saturated heterocycles. The van der Waals surface area contributed by atoms with Crippen LogP contribution in [0, 0.1) is 6.92 Å². The predicted octanol–water partition coefficient (Wildman–Crippen LogP) is 2.21. The fourth-order valence-electron chi connectivity index (χ4n) is 2.29. The van der Waals surface area contributed by atoms with Gasteiger partial charge in [-0.05, 0) is 25.3 Å². The van der Waals surface area contributed by atoms with Crippen molar-refractivity contribution in [2.45, 2.75) is 20.4 Å². The molecule has 0 spiro atoms. The zero-order chi connectivity index (χ0) is 12.0. The number of benzene rings is 1. The number of aryl methyl sites for hydroxylation is 2. The lowest BCUT2D eigenvalue weighted by Gasteiger charge is -2.06. The second-order valence-electron chi connectivity index (χ2n) is 4.22. The molecule has 0 aliphatic heterocycles. The van der Waals surface area contributed by atoms with Crippen molar-refractivity contribution in [2.75, 3.05) is 0 Å². The van der Waals surface area contributed by atoms with Crippen molar-refractivity contribution in [2.24, 2.45) is 0 Å². The molecule has 4 nitrogen and oxygen atoms in total. The minimum atomic E-state index is 0.0331. The number of hydrogen-bond acceptors (Lipinski definition) is 2. The van der Waals surface area contributed by atoms with Gasteiger partial charge < -0.3 is 0 Å². The Morgan fingerprint density at radius 1 is 1.29 bits per heavy atom. The smallest absolute Gasteiger partial charge is 0.260 e. The summed E-state index contributed by atoms with van der Waals surface area (Å²) < 4.78 is 1.70. The van der Waals surface area contributed by atoms with Gasteiger partial charge in [-0.25, -0.2) is 0 Å². The van der Waals surface area contributed by atoms with Crippen LogP contribution in [0.3, 0.4) is 0 Å².